The summed E-state index contributed by atoms with van der Waals surface area (Å²) in [4.78, 5) is 31.9. The van der Waals surface area contributed by atoms with E-state index in [1.165, 1.54) is 23.9 Å². The van der Waals surface area contributed by atoms with Gasteiger partial charge in [-0.15, -0.1) is 0 Å². The van der Waals surface area contributed by atoms with Crippen molar-refractivity contribution in [2.45, 2.75) is 0 Å². The number of rotatable bonds is 5. The third kappa shape index (κ3) is 3.11. The van der Waals surface area contributed by atoms with Crippen molar-refractivity contribution in [3.63, 3.8) is 0 Å². The van der Waals surface area contributed by atoms with Crippen LogP contribution < -0.4 is 5.32 Å². The molecular weight excluding hydrogens is 244 g/mol. The van der Waals surface area contributed by atoms with Crippen LogP contribution in [0.5, 0.6) is 0 Å². The fourth-order valence-electron chi connectivity index (χ4n) is 1.28. The Morgan fingerprint density at radius 2 is 1.89 bits per heavy atom. The lowest BCUT2D eigenvalue weighted by atomic mass is 10.3. The van der Waals surface area contributed by atoms with Crippen LogP contribution in [0.25, 0.3) is 0 Å². The smallest absolute Gasteiger partial charge is 0.352 e. The van der Waals surface area contributed by atoms with E-state index >= 15 is 0 Å². The van der Waals surface area contributed by atoms with E-state index in [4.69, 9.17) is 15.3 Å². The largest absolute Gasteiger partial charge is 0.478 e. The van der Waals surface area contributed by atoms with Gasteiger partial charge in [-0.1, -0.05) is 0 Å². The highest BCUT2D eigenvalue weighted by Crippen LogP contribution is 2.15. The summed E-state index contributed by atoms with van der Waals surface area (Å²) >= 11 is 0. The molecule has 0 fully saturated rings. The van der Waals surface area contributed by atoms with Gasteiger partial charge in [0.1, 0.15) is 11.4 Å². The van der Waals surface area contributed by atoms with Crippen LogP contribution in [0.3, 0.4) is 0 Å². The van der Waals surface area contributed by atoms with Gasteiger partial charge in [-0.3, -0.25) is 0 Å². The summed E-state index contributed by atoms with van der Waals surface area (Å²) in [6.45, 7) is 0. The highest BCUT2D eigenvalue weighted by molar-refractivity contribution is 5.97. The number of carbonyl (C=O) groups is 3. The minimum absolute atomic E-state index is 0.0578. The lowest BCUT2D eigenvalue weighted by molar-refractivity contribution is -0.134. The van der Waals surface area contributed by atoms with Crippen LogP contribution in [0.1, 0.15) is 10.5 Å². The fraction of sp³-hybridized carbons (Fsp3) is 0.100. The minimum Gasteiger partial charge on any atom is -0.478 e. The maximum absolute atomic E-state index is 10.8. The topological polar surface area (TPSA) is 129 Å². The first-order chi connectivity index (χ1) is 8.31. The SMILES string of the molecule is Cn1cc(NC(=CC(=O)O)C(=O)O)cc1C(=O)O. The molecule has 0 unspecified atom stereocenters. The first kappa shape index (κ1) is 13.3. The number of hydrogen-bond acceptors (Lipinski definition) is 4. The number of nitrogens with one attached hydrogen (secondary N) is 1. The molecule has 4 N–H and O–H groups in total. The van der Waals surface area contributed by atoms with E-state index in [1.54, 1.807) is 0 Å². The molecule has 0 aliphatic carbocycles. The van der Waals surface area contributed by atoms with Gasteiger partial charge < -0.3 is 25.2 Å². The summed E-state index contributed by atoms with van der Waals surface area (Å²) in [6.07, 6.45) is 1.82. The summed E-state index contributed by atoms with van der Waals surface area (Å²) in [7, 11) is 1.47. The zero-order chi connectivity index (χ0) is 13.9. The lowest BCUT2D eigenvalue weighted by Crippen LogP contribution is -2.12. The van der Waals surface area contributed by atoms with Gasteiger partial charge in [-0.05, 0) is 6.07 Å². The Morgan fingerprint density at radius 1 is 1.28 bits per heavy atom. The van der Waals surface area contributed by atoms with Crippen molar-refractivity contribution < 1.29 is 29.7 Å². The Bertz CT molecular complexity index is 543. The van der Waals surface area contributed by atoms with Crippen molar-refractivity contribution in [2.24, 2.45) is 7.05 Å². The first-order valence-electron chi connectivity index (χ1n) is 4.66. The van der Waals surface area contributed by atoms with Crippen molar-refractivity contribution in [1.29, 1.82) is 0 Å². The van der Waals surface area contributed by atoms with E-state index < -0.39 is 23.6 Å². The van der Waals surface area contributed by atoms with Gasteiger partial charge in [0.2, 0.25) is 0 Å². The number of carboxylic acids is 3. The Labute approximate surface area is 101 Å². The molecular formula is C10H10N2O6. The molecule has 0 spiro atoms. The molecule has 0 bridgehead atoms. The standard InChI is InChI=1S/C10H10N2O6/c1-12-4-5(2-7(12)10(17)18)11-6(9(15)16)3-8(13)14/h2-4,11H,1H3,(H,13,14)(H,15,16)(H,17,18). The monoisotopic (exact) mass is 254 g/mol. The quantitative estimate of drug-likeness (QED) is 0.552. The maximum atomic E-state index is 10.8. The van der Waals surface area contributed by atoms with Crippen LogP contribution in [0.15, 0.2) is 24.0 Å². The lowest BCUT2D eigenvalue weighted by Gasteiger charge is -2.02. The second kappa shape index (κ2) is 5.04. The average molecular weight is 254 g/mol. The molecule has 0 radical (unpaired) electrons. The van der Waals surface area contributed by atoms with Crippen molar-refractivity contribution in [2.75, 3.05) is 5.32 Å². The van der Waals surface area contributed by atoms with Gasteiger partial charge in [-0.2, -0.15) is 0 Å². The van der Waals surface area contributed by atoms with E-state index in [2.05, 4.69) is 5.32 Å². The zero-order valence-corrected chi connectivity index (χ0v) is 9.25. The van der Waals surface area contributed by atoms with E-state index in [9.17, 15) is 14.4 Å². The number of aryl methyl sites for hydroxylation is 1. The Morgan fingerprint density at radius 3 is 2.28 bits per heavy atom. The van der Waals surface area contributed by atoms with Crippen LogP contribution >= 0.6 is 0 Å². The Kier molecular flexibility index (Phi) is 3.72. The van der Waals surface area contributed by atoms with Crippen molar-refractivity contribution in [1.82, 2.24) is 4.57 Å². The van der Waals surface area contributed by atoms with Gasteiger partial charge in [0, 0.05) is 13.2 Å². The van der Waals surface area contributed by atoms with Crippen molar-refractivity contribution in [3.8, 4) is 0 Å². The minimum atomic E-state index is -1.46. The molecule has 1 heterocycles. The third-order valence-electron chi connectivity index (χ3n) is 2.00. The molecule has 0 atom stereocenters. The molecule has 1 rings (SSSR count). The number of aromatic carboxylic acids is 1. The predicted octanol–water partition coefficient (Wildman–Crippen LogP) is 0.188. The maximum Gasteiger partial charge on any atom is 0.352 e. The van der Waals surface area contributed by atoms with Crippen LogP contribution in [0.2, 0.25) is 0 Å². The van der Waals surface area contributed by atoms with Gasteiger partial charge in [0.25, 0.3) is 0 Å². The molecule has 8 heteroatoms. The molecule has 0 saturated carbocycles. The van der Waals surface area contributed by atoms with E-state index in [0.29, 0.717) is 6.08 Å². The number of hydrogen-bond donors (Lipinski definition) is 4. The highest BCUT2D eigenvalue weighted by Gasteiger charge is 2.14. The molecule has 8 nitrogen and oxygen atoms in total. The van der Waals surface area contributed by atoms with Gasteiger partial charge in [0.05, 0.1) is 11.8 Å². The second-order valence-corrected chi connectivity index (χ2v) is 3.36. The number of nitrogens with zero attached hydrogens (tertiary/aromatic N) is 1. The average Bonchev–Trinajstić information content (AvgIpc) is 2.57. The molecule has 0 aliphatic heterocycles. The number of carboxylic acid groups (broad SMARTS) is 3. The number of aromatic nitrogens is 1. The number of aliphatic carboxylic acids is 2. The fourth-order valence-corrected chi connectivity index (χ4v) is 1.28. The molecule has 1 aromatic rings. The molecule has 0 saturated heterocycles. The predicted molar refractivity (Wildman–Crippen MR) is 59.3 cm³/mol. The first-order valence-corrected chi connectivity index (χ1v) is 4.66. The molecule has 96 valence electrons. The van der Waals surface area contributed by atoms with Crippen LogP contribution in [0, 0.1) is 0 Å². The van der Waals surface area contributed by atoms with Crippen molar-refractivity contribution in [3.05, 3.63) is 29.7 Å². The van der Waals surface area contributed by atoms with Crippen LogP contribution in [0.4, 0.5) is 5.69 Å². The Balaban J connectivity index is 3.02. The molecule has 18 heavy (non-hydrogen) atoms. The van der Waals surface area contributed by atoms with E-state index in [-0.39, 0.29) is 11.4 Å². The number of anilines is 1. The normalized spacial score (nSPS) is 11.1. The Hall–Kier alpha value is -2.77. The molecule has 0 amide bonds. The van der Waals surface area contributed by atoms with Gasteiger partial charge >= 0.3 is 17.9 Å². The molecule has 0 aliphatic rings. The van der Waals surface area contributed by atoms with Crippen LogP contribution in [-0.2, 0) is 16.6 Å². The zero-order valence-electron chi connectivity index (χ0n) is 9.25. The summed E-state index contributed by atoms with van der Waals surface area (Å²) in [5.74, 6) is -4.06. The van der Waals surface area contributed by atoms with E-state index in [0.717, 1.165) is 0 Å². The van der Waals surface area contributed by atoms with Gasteiger partial charge in [0.15, 0.2) is 0 Å². The summed E-state index contributed by atoms with van der Waals surface area (Å²) < 4.78 is 1.27. The third-order valence-corrected chi connectivity index (χ3v) is 2.00. The van der Waals surface area contributed by atoms with Crippen LogP contribution in [-0.4, -0.2) is 37.8 Å². The second-order valence-electron chi connectivity index (χ2n) is 3.36. The summed E-state index contributed by atoms with van der Waals surface area (Å²) in [5.41, 5.74) is -0.451. The van der Waals surface area contributed by atoms with Crippen molar-refractivity contribution >= 4 is 23.6 Å². The summed E-state index contributed by atoms with van der Waals surface area (Å²) in [5, 5.41) is 28.3. The van der Waals surface area contributed by atoms with E-state index in [1.807, 2.05) is 0 Å². The van der Waals surface area contributed by atoms with Gasteiger partial charge in [-0.25, -0.2) is 14.4 Å². The molecule has 0 aromatic carbocycles. The molecule has 1 aromatic heterocycles. The summed E-state index contributed by atoms with van der Waals surface area (Å²) in [6, 6.07) is 1.20. The highest BCUT2D eigenvalue weighted by atomic mass is 16.4.